The second-order valence-corrected chi connectivity index (χ2v) is 6.35. The van der Waals surface area contributed by atoms with Crippen molar-refractivity contribution in [2.45, 2.75) is 27.3 Å². The molecule has 0 bridgehead atoms. The molecule has 0 atom stereocenters. The Bertz CT molecular complexity index is 1100. The highest BCUT2D eigenvalue weighted by atomic mass is 16.2. The average molecular weight is 367 g/mol. The number of likely N-dealkylation sites (N-methyl/N-ethyl adjacent to an activating group) is 1. The molecule has 1 aromatic carbocycles. The van der Waals surface area contributed by atoms with E-state index in [-0.39, 0.29) is 12.1 Å². The van der Waals surface area contributed by atoms with Gasteiger partial charge in [-0.2, -0.15) is 5.10 Å². The molecule has 1 amide bonds. The summed E-state index contributed by atoms with van der Waals surface area (Å²) in [7, 11) is 1.73. The normalized spacial score (nSPS) is 11.0. The van der Waals surface area contributed by atoms with Gasteiger partial charge in [0.2, 0.25) is 0 Å². The molecule has 0 aliphatic rings. The van der Waals surface area contributed by atoms with Crippen LogP contribution in [0.3, 0.4) is 0 Å². The van der Waals surface area contributed by atoms with Gasteiger partial charge < -0.3 is 9.88 Å². The van der Waals surface area contributed by atoms with Crippen molar-refractivity contribution in [3.05, 3.63) is 57.4 Å². The van der Waals surface area contributed by atoms with Crippen LogP contribution in [-0.4, -0.2) is 42.9 Å². The number of amides is 1. The van der Waals surface area contributed by atoms with Crippen molar-refractivity contribution in [1.29, 1.82) is 0 Å². The third kappa shape index (κ3) is 3.38. The summed E-state index contributed by atoms with van der Waals surface area (Å²) >= 11 is 0. The SMILES string of the molecule is CCN(Cc1nc2ccccc2c(=O)[nH]1)C(=O)C(=O)c1c(C)nn(C)c1C. The minimum Gasteiger partial charge on any atom is -0.329 e. The van der Waals surface area contributed by atoms with Gasteiger partial charge in [-0.25, -0.2) is 4.98 Å². The van der Waals surface area contributed by atoms with Crippen LogP contribution in [0.15, 0.2) is 29.1 Å². The highest BCUT2D eigenvalue weighted by Crippen LogP contribution is 2.15. The van der Waals surface area contributed by atoms with E-state index in [4.69, 9.17) is 0 Å². The number of nitrogens with zero attached hydrogens (tertiary/aromatic N) is 4. The van der Waals surface area contributed by atoms with Crippen molar-refractivity contribution in [3.8, 4) is 0 Å². The number of carbonyl (C=O) groups is 2. The van der Waals surface area contributed by atoms with Crippen molar-refractivity contribution in [3.63, 3.8) is 0 Å². The molecule has 0 fully saturated rings. The summed E-state index contributed by atoms with van der Waals surface area (Å²) in [6.45, 7) is 5.57. The molecule has 2 heterocycles. The lowest BCUT2D eigenvalue weighted by molar-refractivity contribution is -0.126. The smallest absolute Gasteiger partial charge is 0.295 e. The minimum atomic E-state index is -0.646. The molecule has 8 heteroatoms. The maximum absolute atomic E-state index is 12.8. The Morgan fingerprint density at radius 3 is 2.56 bits per heavy atom. The summed E-state index contributed by atoms with van der Waals surface area (Å²) in [5.74, 6) is -0.920. The molecule has 140 valence electrons. The Morgan fingerprint density at radius 1 is 1.22 bits per heavy atom. The molecular formula is C19H21N5O3. The number of para-hydroxylation sites is 1. The van der Waals surface area contributed by atoms with Crippen LogP contribution in [0.25, 0.3) is 10.9 Å². The van der Waals surface area contributed by atoms with Crippen LogP contribution in [0.4, 0.5) is 0 Å². The Hall–Kier alpha value is -3.29. The Morgan fingerprint density at radius 2 is 1.93 bits per heavy atom. The van der Waals surface area contributed by atoms with Crippen LogP contribution in [0.5, 0.6) is 0 Å². The fraction of sp³-hybridized carbons (Fsp3) is 0.316. The Balaban J connectivity index is 1.90. The first-order chi connectivity index (χ1) is 12.8. The van der Waals surface area contributed by atoms with Crippen LogP contribution in [-0.2, 0) is 18.4 Å². The zero-order chi connectivity index (χ0) is 19.7. The third-order valence-corrected chi connectivity index (χ3v) is 4.60. The maximum Gasteiger partial charge on any atom is 0.295 e. The standard InChI is InChI=1S/C19H21N5O3/c1-5-24(19(27)17(25)16-11(2)22-23(4)12(16)3)10-15-20-14-9-7-6-8-13(14)18(26)21-15/h6-9H,5,10H2,1-4H3,(H,20,21,26). The number of rotatable bonds is 5. The first kappa shape index (κ1) is 18.5. The summed E-state index contributed by atoms with van der Waals surface area (Å²) in [5, 5.41) is 4.67. The van der Waals surface area contributed by atoms with Gasteiger partial charge in [0.05, 0.1) is 28.7 Å². The number of aryl methyl sites for hydroxylation is 2. The van der Waals surface area contributed by atoms with Gasteiger partial charge in [-0.05, 0) is 32.9 Å². The summed E-state index contributed by atoms with van der Waals surface area (Å²) < 4.78 is 1.58. The van der Waals surface area contributed by atoms with E-state index in [1.54, 1.807) is 56.8 Å². The number of hydrogen-bond acceptors (Lipinski definition) is 5. The highest BCUT2D eigenvalue weighted by Gasteiger charge is 2.28. The highest BCUT2D eigenvalue weighted by molar-refractivity contribution is 6.43. The van der Waals surface area contributed by atoms with Crippen molar-refractivity contribution in [1.82, 2.24) is 24.6 Å². The van der Waals surface area contributed by atoms with Crippen molar-refractivity contribution in [2.75, 3.05) is 6.54 Å². The van der Waals surface area contributed by atoms with E-state index in [9.17, 15) is 14.4 Å². The quantitative estimate of drug-likeness (QED) is 0.544. The molecule has 0 aliphatic carbocycles. The number of aromatic nitrogens is 4. The molecule has 27 heavy (non-hydrogen) atoms. The van der Waals surface area contributed by atoms with Gasteiger partial charge >= 0.3 is 0 Å². The molecule has 0 radical (unpaired) electrons. The number of nitrogens with one attached hydrogen (secondary N) is 1. The molecule has 8 nitrogen and oxygen atoms in total. The first-order valence-electron chi connectivity index (χ1n) is 8.65. The van der Waals surface area contributed by atoms with Gasteiger partial charge in [-0.3, -0.25) is 19.1 Å². The molecule has 2 aromatic heterocycles. The van der Waals surface area contributed by atoms with Crippen molar-refractivity contribution < 1.29 is 9.59 Å². The predicted octanol–water partition coefficient (Wildman–Crippen LogP) is 1.50. The number of aromatic amines is 1. The number of H-pyrrole nitrogens is 1. The number of carbonyl (C=O) groups excluding carboxylic acids is 2. The van der Waals surface area contributed by atoms with Crippen LogP contribution < -0.4 is 5.56 Å². The third-order valence-electron chi connectivity index (χ3n) is 4.60. The van der Waals surface area contributed by atoms with Gasteiger partial charge in [0.15, 0.2) is 0 Å². The fourth-order valence-electron chi connectivity index (χ4n) is 3.07. The Kier molecular flexibility index (Phi) is 4.89. The van der Waals surface area contributed by atoms with Gasteiger partial charge in [0.1, 0.15) is 5.82 Å². The zero-order valence-corrected chi connectivity index (χ0v) is 15.7. The lowest BCUT2D eigenvalue weighted by Gasteiger charge is -2.19. The predicted molar refractivity (Wildman–Crippen MR) is 100 cm³/mol. The van der Waals surface area contributed by atoms with E-state index in [0.717, 1.165) is 0 Å². The largest absolute Gasteiger partial charge is 0.329 e. The van der Waals surface area contributed by atoms with Crippen LogP contribution in [0.2, 0.25) is 0 Å². The van der Waals surface area contributed by atoms with E-state index < -0.39 is 11.7 Å². The van der Waals surface area contributed by atoms with Gasteiger partial charge in [0, 0.05) is 19.3 Å². The van der Waals surface area contributed by atoms with E-state index in [1.807, 2.05) is 0 Å². The molecule has 0 saturated carbocycles. The minimum absolute atomic E-state index is 0.0412. The number of benzene rings is 1. The van der Waals surface area contributed by atoms with Crippen molar-refractivity contribution >= 4 is 22.6 Å². The summed E-state index contributed by atoms with van der Waals surface area (Å²) in [6.07, 6.45) is 0. The lowest BCUT2D eigenvalue weighted by atomic mass is 10.1. The van der Waals surface area contributed by atoms with Crippen molar-refractivity contribution in [2.24, 2.45) is 7.05 Å². The van der Waals surface area contributed by atoms with E-state index in [0.29, 0.717) is 40.2 Å². The van der Waals surface area contributed by atoms with Gasteiger partial charge in [0.25, 0.3) is 17.2 Å². The van der Waals surface area contributed by atoms with Crippen LogP contribution >= 0.6 is 0 Å². The summed E-state index contributed by atoms with van der Waals surface area (Å²) in [4.78, 5) is 46.2. The van der Waals surface area contributed by atoms with Crippen LogP contribution in [0.1, 0.15) is 34.5 Å². The Labute approximate surface area is 155 Å². The number of fused-ring (bicyclic) bond motifs is 1. The summed E-state index contributed by atoms with van der Waals surface area (Å²) in [5.41, 5.74) is 1.75. The van der Waals surface area contributed by atoms with Gasteiger partial charge in [-0.1, -0.05) is 12.1 Å². The first-order valence-corrected chi connectivity index (χ1v) is 8.65. The molecule has 0 saturated heterocycles. The van der Waals surface area contributed by atoms with Crippen LogP contribution in [0, 0.1) is 13.8 Å². The zero-order valence-electron chi connectivity index (χ0n) is 15.7. The molecular weight excluding hydrogens is 346 g/mol. The summed E-state index contributed by atoms with van der Waals surface area (Å²) in [6, 6.07) is 6.97. The molecule has 3 aromatic rings. The molecule has 0 spiro atoms. The maximum atomic E-state index is 12.8. The second-order valence-electron chi connectivity index (χ2n) is 6.35. The number of Topliss-reactive ketones (excluding diaryl/α,β-unsaturated/α-hetero) is 1. The number of ketones is 1. The topological polar surface area (TPSA) is 101 Å². The molecule has 1 N–H and O–H groups in total. The monoisotopic (exact) mass is 367 g/mol. The van der Waals surface area contributed by atoms with E-state index in [1.165, 1.54) is 4.90 Å². The molecule has 0 aliphatic heterocycles. The average Bonchev–Trinajstić information content (AvgIpc) is 2.90. The van der Waals surface area contributed by atoms with E-state index in [2.05, 4.69) is 15.1 Å². The van der Waals surface area contributed by atoms with Gasteiger partial charge in [-0.15, -0.1) is 0 Å². The fourth-order valence-corrected chi connectivity index (χ4v) is 3.07. The second kappa shape index (κ2) is 7.14. The molecule has 3 rings (SSSR count). The van der Waals surface area contributed by atoms with E-state index >= 15 is 0 Å². The number of hydrogen-bond donors (Lipinski definition) is 1. The lowest BCUT2D eigenvalue weighted by Crippen LogP contribution is -2.37. The molecule has 0 unspecified atom stereocenters.